The summed E-state index contributed by atoms with van der Waals surface area (Å²) in [6, 6.07) is 8.92. The zero-order valence-electron chi connectivity index (χ0n) is 16.2. The Kier molecular flexibility index (Phi) is 8.01. The van der Waals surface area contributed by atoms with Gasteiger partial charge in [-0.25, -0.2) is 9.59 Å². The Morgan fingerprint density at radius 2 is 1.50 bits per heavy atom. The lowest BCUT2D eigenvalue weighted by Gasteiger charge is -2.13. The molecule has 0 bridgehead atoms. The van der Waals surface area contributed by atoms with Crippen LogP contribution in [0.15, 0.2) is 48.6 Å². The summed E-state index contributed by atoms with van der Waals surface area (Å²) < 4.78 is 9.95. The van der Waals surface area contributed by atoms with Crippen LogP contribution >= 0.6 is 0 Å². The number of aliphatic hydroxyl groups is 1. The van der Waals surface area contributed by atoms with E-state index in [-0.39, 0.29) is 23.9 Å². The minimum Gasteiger partial charge on any atom is -0.508 e. The number of hydrogen-bond acceptors (Lipinski definition) is 8. The van der Waals surface area contributed by atoms with Crippen LogP contribution in [0.1, 0.15) is 16.7 Å². The van der Waals surface area contributed by atoms with Gasteiger partial charge in [-0.05, 0) is 54.0 Å². The van der Waals surface area contributed by atoms with Gasteiger partial charge >= 0.3 is 11.9 Å². The fourth-order valence-corrected chi connectivity index (χ4v) is 2.25. The van der Waals surface area contributed by atoms with Gasteiger partial charge in [-0.15, -0.1) is 0 Å². The molecule has 8 nitrogen and oxygen atoms in total. The van der Waals surface area contributed by atoms with Crippen molar-refractivity contribution in [3.8, 4) is 17.2 Å². The van der Waals surface area contributed by atoms with Gasteiger partial charge in [-0.1, -0.05) is 18.2 Å². The van der Waals surface area contributed by atoms with E-state index in [1.165, 1.54) is 36.4 Å². The van der Waals surface area contributed by atoms with E-state index in [1.54, 1.807) is 19.1 Å². The predicted octanol–water partition coefficient (Wildman–Crippen LogP) is 2.29. The molecule has 8 heteroatoms. The van der Waals surface area contributed by atoms with E-state index < -0.39 is 24.6 Å². The lowest BCUT2D eigenvalue weighted by molar-refractivity contribution is -0.154. The van der Waals surface area contributed by atoms with Crippen LogP contribution in [0, 0.1) is 6.92 Å². The molecule has 0 aliphatic heterocycles. The van der Waals surface area contributed by atoms with Gasteiger partial charge in [0.15, 0.2) is 17.6 Å². The van der Waals surface area contributed by atoms with E-state index in [9.17, 15) is 30.0 Å². The third-order valence-electron chi connectivity index (χ3n) is 3.95. The second-order valence-electron chi connectivity index (χ2n) is 6.33. The molecule has 0 saturated heterocycles. The lowest BCUT2D eigenvalue weighted by Crippen LogP contribution is -2.27. The van der Waals surface area contributed by atoms with Crippen LogP contribution in [0.4, 0.5) is 0 Å². The fraction of sp³-hybridized carbons (Fsp3) is 0.182. The zero-order chi connectivity index (χ0) is 22.1. The number of phenolic OH excluding ortho intramolecular Hbond substituents is 3. The van der Waals surface area contributed by atoms with Gasteiger partial charge in [0.2, 0.25) is 0 Å². The Labute approximate surface area is 172 Å². The first-order valence-corrected chi connectivity index (χ1v) is 8.94. The highest BCUT2D eigenvalue weighted by molar-refractivity contribution is 5.88. The molecule has 0 fully saturated rings. The summed E-state index contributed by atoms with van der Waals surface area (Å²) in [6.45, 7) is 0.840. The maximum absolute atomic E-state index is 11.9. The molecule has 4 N–H and O–H groups in total. The monoisotopic (exact) mass is 414 g/mol. The van der Waals surface area contributed by atoms with Crippen molar-refractivity contribution in [2.24, 2.45) is 0 Å². The predicted molar refractivity (Wildman–Crippen MR) is 109 cm³/mol. The Balaban J connectivity index is 1.84. The van der Waals surface area contributed by atoms with Crippen LogP contribution in [0.5, 0.6) is 17.2 Å². The molecule has 158 valence electrons. The van der Waals surface area contributed by atoms with Crippen molar-refractivity contribution in [3.05, 3.63) is 65.2 Å². The number of aryl methyl sites for hydroxylation is 1. The van der Waals surface area contributed by atoms with E-state index in [0.717, 1.165) is 12.2 Å². The Morgan fingerprint density at radius 3 is 2.10 bits per heavy atom. The molecule has 2 rings (SSSR count). The fourth-order valence-electron chi connectivity index (χ4n) is 2.25. The Bertz CT molecular complexity index is 962. The topological polar surface area (TPSA) is 134 Å². The molecule has 1 atom stereocenters. The molecular formula is C22H22O8. The number of benzene rings is 2. The van der Waals surface area contributed by atoms with Crippen LogP contribution in [0.2, 0.25) is 0 Å². The summed E-state index contributed by atoms with van der Waals surface area (Å²) in [5.74, 6) is -2.01. The van der Waals surface area contributed by atoms with Crippen molar-refractivity contribution >= 4 is 24.1 Å². The number of phenols is 3. The number of esters is 2. The molecular weight excluding hydrogens is 392 g/mol. The average molecular weight is 414 g/mol. The molecule has 1 unspecified atom stereocenters. The van der Waals surface area contributed by atoms with Crippen molar-refractivity contribution in [1.29, 1.82) is 0 Å². The maximum atomic E-state index is 11.9. The number of rotatable bonds is 8. The average Bonchev–Trinajstić information content (AvgIpc) is 2.72. The third kappa shape index (κ3) is 6.99. The van der Waals surface area contributed by atoms with Gasteiger partial charge in [0.25, 0.3) is 0 Å². The molecule has 0 saturated carbocycles. The largest absolute Gasteiger partial charge is 0.508 e. The molecule has 2 aromatic rings. The zero-order valence-corrected chi connectivity index (χ0v) is 16.2. The number of carbonyl (C=O) groups excluding carboxylic acids is 2. The number of hydrogen-bond donors (Lipinski definition) is 4. The summed E-state index contributed by atoms with van der Waals surface area (Å²) in [7, 11) is 0. The highest BCUT2D eigenvalue weighted by Gasteiger charge is 2.14. The van der Waals surface area contributed by atoms with Gasteiger partial charge in [0, 0.05) is 12.2 Å². The van der Waals surface area contributed by atoms with Gasteiger partial charge in [-0.3, -0.25) is 0 Å². The first-order valence-electron chi connectivity index (χ1n) is 8.94. The first-order chi connectivity index (χ1) is 14.3. The van der Waals surface area contributed by atoms with E-state index in [2.05, 4.69) is 0 Å². The number of ether oxygens (including phenoxy) is 2. The van der Waals surface area contributed by atoms with Crippen LogP contribution < -0.4 is 0 Å². The van der Waals surface area contributed by atoms with Crippen LogP contribution in [0.3, 0.4) is 0 Å². The second-order valence-corrected chi connectivity index (χ2v) is 6.33. The summed E-state index contributed by atoms with van der Waals surface area (Å²) >= 11 is 0. The van der Waals surface area contributed by atoms with Crippen molar-refractivity contribution in [2.45, 2.75) is 13.0 Å². The van der Waals surface area contributed by atoms with Gasteiger partial charge in [0.05, 0.1) is 6.61 Å². The summed E-state index contributed by atoms with van der Waals surface area (Å²) in [5.41, 5.74) is 1.75. The van der Waals surface area contributed by atoms with Crippen molar-refractivity contribution in [2.75, 3.05) is 13.2 Å². The number of carbonyl (C=O) groups is 2. The van der Waals surface area contributed by atoms with Gasteiger partial charge in [-0.2, -0.15) is 0 Å². The molecule has 0 amide bonds. The van der Waals surface area contributed by atoms with E-state index in [1.807, 2.05) is 0 Å². The van der Waals surface area contributed by atoms with Crippen molar-refractivity contribution in [1.82, 2.24) is 0 Å². The van der Waals surface area contributed by atoms with Crippen LogP contribution in [0.25, 0.3) is 12.2 Å². The Morgan fingerprint density at radius 1 is 0.900 bits per heavy atom. The SMILES string of the molecule is Cc1ccc(/C=C/C(=O)OC(CO)COC(=O)/C=C/c2ccc(O)c(O)c2)cc1O. The first kappa shape index (κ1) is 22.5. The molecule has 0 aliphatic rings. The van der Waals surface area contributed by atoms with Gasteiger partial charge in [0.1, 0.15) is 12.4 Å². The smallest absolute Gasteiger partial charge is 0.331 e. The highest BCUT2D eigenvalue weighted by Crippen LogP contribution is 2.25. The molecule has 0 spiro atoms. The number of aromatic hydroxyl groups is 3. The normalized spacial score (nSPS) is 12.2. The number of aliphatic hydroxyl groups excluding tert-OH is 1. The summed E-state index contributed by atoms with van der Waals surface area (Å²) in [6.07, 6.45) is 3.97. The minimum absolute atomic E-state index is 0.0984. The molecule has 0 heterocycles. The summed E-state index contributed by atoms with van der Waals surface area (Å²) in [4.78, 5) is 23.6. The van der Waals surface area contributed by atoms with Crippen LogP contribution in [-0.4, -0.2) is 51.7 Å². The lowest BCUT2D eigenvalue weighted by atomic mass is 10.1. The molecule has 0 aromatic heterocycles. The van der Waals surface area contributed by atoms with E-state index in [0.29, 0.717) is 16.7 Å². The van der Waals surface area contributed by atoms with Gasteiger partial charge < -0.3 is 29.9 Å². The van der Waals surface area contributed by atoms with E-state index >= 15 is 0 Å². The van der Waals surface area contributed by atoms with E-state index in [4.69, 9.17) is 9.47 Å². The molecule has 30 heavy (non-hydrogen) atoms. The second kappa shape index (κ2) is 10.7. The van der Waals surface area contributed by atoms with Crippen LogP contribution in [-0.2, 0) is 19.1 Å². The quantitative estimate of drug-likeness (QED) is 0.294. The third-order valence-corrected chi connectivity index (χ3v) is 3.95. The molecule has 0 radical (unpaired) electrons. The maximum Gasteiger partial charge on any atom is 0.331 e. The van der Waals surface area contributed by atoms with Crippen molar-refractivity contribution < 1.29 is 39.5 Å². The summed E-state index contributed by atoms with van der Waals surface area (Å²) in [5, 5.41) is 37.6. The standard InChI is InChI=1S/C22H22O8/c1-14-2-3-15(10-19(14)25)6-9-22(28)30-17(12-23)13-29-21(27)8-5-16-4-7-18(24)20(26)11-16/h2-11,17,23-26H,12-13H2,1H3/b8-5+,9-6+. The minimum atomic E-state index is -1.05. The molecule has 0 aliphatic carbocycles. The molecule has 2 aromatic carbocycles. The highest BCUT2D eigenvalue weighted by atomic mass is 16.6. The Hall–Kier alpha value is -3.78. The van der Waals surface area contributed by atoms with Crippen molar-refractivity contribution in [3.63, 3.8) is 0 Å².